The largest absolute Gasteiger partial charge is 0.543 e. The summed E-state index contributed by atoms with van der Waals surface area (Å²) in [5, 5.41) is 17.9. The van der Waals surface area contributed by atoms with E-state index >= 15 is 0 Å². The van der Waals surface area contributed by atoms with Crippen LogP contribution >= 0.6 is 0 Å². The lowest BCUT2D eigenvalue weighted by molar-refractivity contribution is -0.368. The fraction of sp³-hybridized carbons (Fsp3) is 0.947. The van der Waals surface area contributed by atoms with Crippen LogP contribution in [0.3, 0.4) is 0 Å². The van der Waals surface area contributed by atoms with Crippen molar-refractivity contribution in [1.29, 1.82) is 0 Å². The van der Waals surface area contributed by atoms with Gasteiger partial charge in [-0.15, -0.1) is 0 Å². The van der Waals surface area contributed by atoms with Crippen LogP contribution in [0.25, 0.3) is 0 Å². The molecule has 0 aromatic rings. The Morgan fingerprint density at radius 3 is 0.568 bits per heavy atom. The summed E-state index contributed by atoms with van der Waals surface area (Å²) in [5.74, 6) is -4.37. The summed E-state index contributed by atoms with van der Waals surface area (Å²) in [4.78, 5) is 17.9. The Balaban J connectivity index is -0.000000644. The summed E-state index contributed by atoms with van der Waals surface area (Å²) >= 11 is 0. The van der Waals surface area contributed by atoms with Gasteiger partial charge in [0.25, 0.3) is 0 Å². The predicted octanol–water partition coefficient (Wildman–Crippen LogP) is 7.47. The maximum Gasteiger partial charge on any atom is 0.0870 e. The quantitative estimate of drug-likeness (QED) is 0.0590. The van der Waals surface area contributed by atoms with E-state index in [1.165, 1.54) is 205 Å². The third-order valence-corrected chi connectivity index (χ3v) is 8.37. The first-order valence-electron chi connectivity index (χ1n) is 19.5. The first-order chi connectivity index (χ1) is 21.5. The van der Waals surface area contributed by atoms with Crippen molar-refractivity contribution in [2.45, 2.75) is 219 Å². The standard InChI is InChI=1S/2C18H39N.C2H2O4/c2*1-2-3-4-5-6-7-8-9-10-11-12-13-14-15-16-17-18-19;3-1(4)2(5)6/h2*2-19H2,1H3;(H,3,4)(H,5,6). The molecule has 0 fully saturated rings. The second-order valence-corrected chi connectivity index (χ2v) is 12.9. The van der Waals surface area contributed by atoms with Crippen LogP contribution in [0, 0.1) is 0 Å². The molecule has 6 nitrogen and oxygen atoms in total. The summed E-state index contributed by atoms with van der Waals surface area (Å²) in [6, 6.07) is 0. The summed E-state index contributed by atoms with van der Waals surface area (Å²) < 4.78 is 0. The summed E-state index contributed by atoms with van der Waals surface area (Å²) in [6.07, 6.45) is 46.4. The average Bonchev–Trinajstić information content (AvgIpc) is 3.01. The molecule has 0 atom stereocenters. The van der Waals surface area contributed by atoms with Crippen LogP contribution in [0.2, 0.25) is 0 Å². The molecule has 0 aromatic heterocycles. The fourth-order valence-electron chi connectivity index (χ4n) is 5.45. The van der Waals surface area contributed by atoms with Crippen molar-refractivity contribution >= 4 is 11.9 Å². The van der Waals surface area contributed by atoms with Gasteiger partial charge in [-0.1, -0.05) is 194 Å². The molecule has 0 rings (SSSR count). The average molecular weight is 629 g/mol. The summed E-state index contributed by atoms with van der Waals surface area (Å²) in [7, 11) is 0. The van der Waals surface area contributed by atoms with Crippen molar-refractivity contribution in [3.63, 3.8) is 0 Å². The van der Waals surface area contributed by atoms with E-state index in [0.29, 0.717) is 0 Å². The highest BCUT2D eigenvalue weighted by Crippen LogP contribution is 2.15. The van der Waals surface area contributed by atoms with Gasteiger partial charge in [-0.05, 0) is 25.7 Å². The monoisotopic (exact) mass is 629 g/mol. The highest BCUT2D eigenvalue weighted by Gasteiger charge is 1.96. The molecule has 44 heavy (non-hydrogen) atoms. The molecule has 0 amide bonds. The molecule has 0 spiro atoms. The number of hydrogen-bond donors (Lipinski definition) is 2. The fourth-order valence-corrected chi connectivity index (χ4v) is 5.45. The van der Waals surface area contributed by atoms with Crippen molar-refractivity contribution in [3.05, 3.63) is 0 Å². The molecular weight excluding hydrogens is 548 g/mol. The molecule has 0 saturated heterocycles. The van der Waals surface area contributed by atoms with Gasteiger partial charge in [-0.3, -0.25) is 0 Å². The van der Waals surface area contributed by atoms with Crippen molar-refractivity contribution in [2.24, 2.45) is 0 Å². The molecule has 0 heterocycles. The number of rotatable bonds is 32. The third kappa shape index (κ3) is 53.4. The first kappa shape index (κ1) is 47.3. The zero-order chi connectivity index (χ0) is 33.2. The predicted molar refractivity (Wildman–Crippen MR) is 185 cm³/mol. The van der Waals surface area contributed by atoms with Gasteiger partial charge in [0.1, 0.15) is 0 Å². The van der Waals surface area contributed by atoms with Crippen LogP contribution in [0.4, 0.5) is 0 Å². The number of unbranched alkanes of at least 4 members (excludes halogenated alkanes) is 30. The molecule has 0 bridgehead atoms. The minimum Gasteiger partial charge on any atom is -0.543 e. The Hall–Kier alpha value is -1.14. The topological polar surface area (TPSA) is 136 Å². The lowest BCUT2D eigenvalue weighted by atomic mass is 10.0. The molecule has 6 N–H and O–H groups in total. The van der Waals surface area contributed by atoms with Crippen LogP contribution < -0.4 is 21.7 Å². The van der Waals surface area contributed by atoms with E-state index in [4.69, 9.17) is 19.8 Å². The van der Waals surface area contributed by atoms with E-state index in [2.05, 4.69) is 25.3 Å². The number of quaternary nitrogens is 2. The van der Waals surface area contributed by atoms with Crippen LogP contribution in [0.1, 0.15) is 219 Å². The van der Waals surface area contributed by atoms with Crippen molar-refractivity contribution in [1.82, 2.24) is 0 Å². The van der Waals surface area contributed by atoms with Crippen LogP contribution in [-0.2, 0) is 9.59 Å². The summed E-state index contributed by atoms with van der Waals surface area (Å²) in [5.41, 5.74) is 7.78. The van der Waals surface area contributed by atoms with Crippen LogP contribution in [0.15, 0.2) is 0 Å². The maximum atomic E-state index is 8.93. The molecule has 0 saturated carbocycles. The van der Waals surface area contributed by atoms with E-state index in [-0.39, 0.29) is 0 Å². The molecular formula is C38H80N2O4. The number of aliphatic carboxylic acids is 2. The minimum atomic E-state index is -2.19. The lowest BCUT2D eigenvalue weighted by Gasteiger charge is -2.03. The number of hydrogen-bond acceptors (Lipinski definition) is 4. The van der Waals surface area contributed by atoms with Gasteiger partial charge in [-0.25, -0.2) is 0 Å². The van der Waals surface area contributed by atoms with Gasteiger partial charge in [-0.2, -0.15) is 0 Å². The lowest BCUT2D eigenvalue weighted by Crippen LogP contribution is -2.50. The highest BCUT2D eigenvalue weighted by atomic mass is 16.4. The van der Waals surface area contributed by atoms with Gasteiger partial charge in [0.2, 0.25) is 0 Å². The normalized spacial score (nSPS) is 10.5. The number of carbonyl (C=O) groups excluding carboxylic acids is 2. The second kappa shape index (κ2) is 46.3. The van der Waals surface area contributed by atoms with Crippen molar-refractivity contribution in [3.8, 4) is 0 Å². The van der Waals surface area contributed by atoms with Crippen molar-refractivity contribution < 1.29 is 31.3 Å². The Morgan fingerprint density at radius 1 is 0.318 bits per heavy atom. The molecule has 6 heteroatoms. The maximum absolute atomic E-state index is 8.93. The Morgan fingerprint density at radius 2 is 0.455 bits per heavy atom. The minimum absolute atomic E-state index is 1.12. The Bertz CT molecular complexity index is 453. The van der Waals surface area contributed by atoms with Gasteiger partial charge in [0, 0.05) is 0 Å². The number of carbonyl (C=O) groups is 2. The third-order valence-electron chi connectivity index (χ3n) is 8.37. The van der Waals surface area contributed by atoms with Crippen LogP contribution in [-0.4, -0.2) is 25.0 Å². The number of carboxylic acid groups (broad SMARTS) is 2. The molecule has 0 unspecified atom stereocenters. The zero-order valence-corrected chi connectivity index (χ0v) is 30.1. The first-order valence-corrected chi connectivity index (χ1v) is 19.5. The molecule has 0 aliphatic carbocycles. The van der Waals surface area contributed by atoms with E-state index in [1.54, 1.807) is 0 Å². The van der Waals surface area contributed by atoms with Gasteiger partial charge >= 0.3 is 0 Å². The highest BCUT2D eigenvalue weighted by molar-refractivity contribution is 6.25. The molecule has 0 aliphatic heterocycles. The SMILES string of the molecule is CCCCCCCCCCCCCCCCCC[NH3+].CCCCCCCCCCCCCCCCCC[NH3+].O=C([O-])C(=O)[O-]. The van der Waals surface area contributed by atoms with Gasteiger partial charge in [0.15, 0.2) is 0 Å². The van der Waals surface area contributed by atoms with E-state index in [1.807, 2.05) is 0 Å². The van der Waals surface area contributed by atoms with E-state index in [9.17, 15) is 0 Å². The Kier molecular flexibility index (Phi) is 49.7. The zero-order valence-electron chi connectivity index (χ0n) is 30.1. The smallest absolute Gasteiger partial charge is 0.0870 e. The van der Waals surface area contributed by atoms with Crippen LogP contribution in [0.5, 0.6) is 0 Å². The summed E-state index contributed by atoms with van der Waals surface area (Å²) in [6.45, 7) is 6.83. The number of carboxylic acids is 2. The van der Waals surface area contributed by atoms with Gasteiger partial charge < -0.3 is 31.3 Å². The second-order valence-electron chi connectivity index (χ2n) is 12.9. The molecule has 0 aliphatic rings. The van der Waals surface area contributed by atoms with E-state index in [0.717, 1.165) is 13.1 Å². The van der Waals surface area contributed by atoms with E-state index < -0.39 is 11.9 Å². The molecule has 0 aromatic carbocycles. The molecule has 266 valence electrons. The Labute approximate surface area is 275 Å². The molecule has 0 radical (unpaired) electrons. The van der Waals surface area contributed by atoms with Gasteiger partial charge in [0.05, 0.1) is 25.0 Å². The van der Waals surface area contributed by atoms with Crippen molar-refractivity contribution in [2.75, 3.05) is 13.1 Å².